The minimum atomic E-state index is -3.67. The van der Waals surface area contributed by atoms with E-state index >= 15 is 0 Å². The third-order valence-electron chi connectivity index (χ3n) is 5.61. The molecule has 1 aliphatic carbocycles. The number of halogens is 1. The topological polar surface area (TPSA) is 66.5 Å². The normalized spacial score (nSPS) is 24.1. The zero-order chi connectivity index (χ0) is 19.6. The number of sulfonamides is 1. The molecule has 0 spiro atoms. The van der Waals surface area contributed by atoms with Gasteiger partial charge in [-0.1, -0.05) is 38.3 Å². The van der Waals surface area contributed by atoms with Crippen LogP contribution < -0.4 is 5.32 Å². The van der Waals surface area contributed by atoms with Crippen LogP contribution in [0.1, 0.15) is 57.3 Å². The SMILES string of the molecule is CC1CCCC(NC(=O)c2cc(S(=O)(=O)N(C)C(C)C)ccc2Cl)C1C. The molecule has 0 aromatic heterocycles. The van der Waals surface area contributed by atoms with Gasteiger partial charge in [0.1, 0.15) is 0 Å². The summed E-state index contributed by atoms with van der Waals surface area (Å²) in [6, 6.07) is 4.20. The first-order valence-electron chi connectivity index (χ1n) is 9.14. The Morgan fingerprint density at radius 2 is 1.92 bits per heavy atom. The number of benzene rings is 1. The number of nitrogens with zero attached hydrogens (tertiary/aromatic N) is 1. The Hall–Kier alpha value is -1.11. The fourth-order valence-electron chi connectivity index (χ4n) is 3.31. The lowest BCUT2D eigenvalue weighted by molar-refractivity contribution is 0.0891. The van der Waals surface area contributed by atoms with Crippen molar-refractivity contribution in [3.8, 4) is 0 Å². The minimum Gasteiger partial charge on any atom is -0.349 e. The maximum Gasteiger partial charge on any atom is 0.253 e. The number of carbonyl (C=O) groups is 1. The Morgan fingerprint density at radius 3 is 2.54 bits per heavy atom. The molecule has 1 aromatic carbocycles. The highest BCUT2D eigenvalue weighted by atomic mass is 35.5. The molecule has 1 aliphatic rings. The molecule has 3 unspecified atom stereocenters. The van der Waals surface area contributed by atoms with E-state index in [0.29, 0.717) is 11.8 Å². The first-order valence-corrected chi connectivity index (χ1v) is 11.0. The van der Waals surface area contributed by atoms with Gasteiger partial charge in [-0.3, -0.25) is 4.79 Å². The molecular formula is C19H29ClN2O3S. The Morgan fingerprint density at radius 1 is 1.27 bits per heavy atom. The second kappa shape index (κ2) is 8.28. The number of hydrogen-bond donors (Lipinski definition) is 1. The zero-order valence-corrected chi connectivity index (χ0v) is 17.7. The average molecular weight is 401 g/mol. The predicted octanol–water partition coefficient (Wildman–Crippen LogP) is 3.92. The van der Waals surface area contributed by atoms with Crippen molar-refractivity contribution in [2.45, 2.75) is 63.9 Å². The van der Waals surface area contributed by atoms with E-state index in [0.717, 1.165) is 12.8 Å². The van der Waals surface area contributed by atoms with Gasteiger partial charge < -0.3 is 5.32 Å². The monoisotopic (exact) mass is 400 g/mol. The van der Waals surface area contributed by atoms with Crippen molar-refractivity contribution in [2.75, 3.05) is 7.05 Å². The lowest BCUT2D eigenvalue weighted by Crippen LogP contribution is -2.43. The number of carbonyl (C=O) groups excluding carboxylic acids is 1. The summed E-state index contributed by atoms with van der Waals surface area (Å²) >= 11 is 6.20. The zero-order valence-electron chi connectivity index (χ0n) is 16.1. The van der Waals surface area contributed by atoms with Gasteiger partial charge in [-0.05, 0) is 50.3 Å². The van der Waals surface area contributed by atoms with E-state index in [1.54, 1.807) is 13.8 Å². The highest BCUT2D eigenvalue weighted by Crippen LogP contribution is 2.30. The number of rotatable bonds is 5. The Labute approximate surface area is 162 Å². The van der Waals surface area contributed by atoms with Crippen molar-refractivity contribution >= 4 is 27.5 Å². The van der Waals surface area contributed by atoms with Gasteiger partial charge >= 0.3 is 0 Å². The summed E-state index contributed by atoms with van der Waals surface area (Å²) in [6.45, 7) is 7.94. The summed E-state index contributed by atoms with van der Waals surface area (Å²) in [5.41, 5.74) is 0.204. The third kappa shape index (κ3) is 4.41. The van der Waals surface area contributed by atoms with E-state index in [4.69, 9.17) is 11.6 Å². The summed E-state index contributed by atoms with van der Waals surface area (Å²) in [5, 5.41) is 3.31. The molecular weight excluding hydrogens is 372 g/mol. The molecule has 1 saturated carbocycles. The molecule has 1 fully saturated rings. The summed E-state index contributed by atoms with van der Waals surface area (Å²) in [6.07, 6.45) is 3.18. The summed E-state index contributed by atoms with van der Waals surface area (Å²) in [7, 11) is -2.14. The van der Waals surface area contributed by atoms with Gasteiger partial charge in [0.05, 0.1) is 15.5 Å². The largest absolute Gasteiger partial charge is 0.349 e. The van der Waals surface area contributed by atoms with Gasteiger partial charge in [0.15, 0.2) is 0 Å². The summed E-state index contributed by atoms with van der Waals surface area (Å²) < 4.78 is 26.7. The van der Waals surface area contributed by atoms with Crippen molar-refractivity contribution in [2.24, 2.45) is 11.8 Å². The highest BCUT2D eigenvalue weighted by molar-refractivity contribution is 7.89. The molecule has 0 saturated heterocycles. The number of amides is 1. The molecule has 2 rings (SSSR count). The van der Waals surface area contributed by atoms with Crippen LogP contribution in [0.25, 0.3) is 0 Å². The van der Waals surface area contributed by atoms with Crippen LogP contribution in [0.2, 0.25) is 5.02 Å². The van der Waals surface area contributed by atoms with E-state index in [1.165, 1.54) is 36.0 Å². The molecule has 0 bridgehead atoms. The lowest BCUT2D eigenvalue weighted by Gasteiger charge is -2.34. The molecule has 1 N–H and O–H groups in total. The van der Waals surface area contributed by atoms with Gasteiger partial charge in [-0.25, -0.2) is 8.42 Å². The first-order chi connectivity index (χ1) is 12.1. The number of hydrogen-bond acceptors (Lipinski definition) is 3. The molecule has 3 atom stereocenters. The second-order valence-corrected chi connectivity index (χ2v) is 10.0. The quantitative estimate of drug-likeness (QED) is 0.814. The van der Waals surface area contributed by atoms with Crippen LogP contribution in [0.15, 0.2) is 23.1 Å². The molecule has 1 amide bonds. The van der Waals surface area contributed by atoms with E-state index in [9.17, 15) is 13.2 Å². The fraction of sp³-hybridized carbons (Fsp3) is 0.632. The standard InChI is InChI=1S/C19H29ClN2O3S/c1-12(2)22(5)26(24,25)15-9-10-17(20)16(11-15)19(23)21-18-8-6-7-13(3)14(18)4/h9-14,18H,6-8H2,1-5H3,(H,21,23). The van der Waals surface area contributed by atoms with Crippen LogP contribution >= 0.6 is 11.6 Å². The van der Waals surface area contributed by atoms with Crippen LogP contribution in [0.5, 0.6) is 0 Å². The predicted molar refractivity (Wildman–Crippen MR) is 105 cm³/mol. The average Bonchev–Trinajstić information content (AvgIpc) is 2.58. The molecule has 146 valence electrons. The Balaban J connectivity index is 2.28. The molecule has 0 radical (unpaired) electrons. The van der Waals surface area contributed by atoms with E-state index in [-0.39, 0.29) is 33.5 Å². The Bertz CT molecular complexity index is 764. The molecule has 5 nitrogen and oxygen atoms in total. The van der Waals surface area contributed by atoms with Gasteiger partial charge in [-0.15, -0.1) is 0 Å². The maximum absolute atomic E-state index is 12.8. The van der Waals surface area contributed by atoms with Gasteiger partial charge in [0.25, 0.3) is 5.91 Å². The van der Waals surface area contributed by atoms with Crippen LogP contribution in [-0.2, 0) is 10.0 Å². The van der Waals surface area contributed by atoms with E-state index in [2.05, 4.69) is 19.2 Å². The lowest BCUT2D eigenvalue weighted by atomic mass is 9.78. The van der Waals surface area contributed by atoms with Crippen molar-refractivity contribution < 1.29 is 13.2 Å². The molecule has 26 heavy (non-hydrogen) atoms. The van der Waals surface area contributed by atoms with E-state index in [1.807, 2.05) is 0 Å². The fourth-order valence-corrected chi connectivity index (χ4v) is 4.91. The van der Waals surface area contributed by atoms with Crippen molar-refractivity contribution in [3.63, 3.8) is 0 Å². The van der Waals surface area contributed by atoms with Crippen molar-refractivity contribution in [1.82, 2.24) is 9.62 Å². The van der Waals surface area contributed by atoms with Crippen LogP contribution in [-0.4, -0.2) is 37.8 Å². The van der Waals surface area contributed by atoms with Crippen LogP contribution in [0, 0.1) is 11.8 Å². The van der Waals surface area contributed by atoms with Crippen LogP contribution in [0.3, 0.4) is 0 Å². The molecule has 0 heterocycles. The molecule has 0 aliphatic heterocycles. The third-order valence-corrected chi connectivity index (χ3v) is 7.97. The Kier molecular flexibility index (Phi) is 6.75. The summed E-state index contributed by atoms with van der Waals surface area (Å²) in [4.78, 5) is 12.8. The van der Waals surface area contributed by atoms with Gasteiger partial charge in [-0.2, -0.15) is 4.31 Å². The summed E-state index contributed by atoms with van der Waals surface area (Å²) in [5.74, 6) is 0.617. The highest BCUT2D eigenvalue weighted by Gasteiger charge is 2.30. The van der Waals surface area contributed by atoms with Crippen molar-refractivity contribution in [3.05, 3.63) is 28.8 Å². The molecule has 1 aromatic rings. The smallest absolute Gasteiger partial charge is 0.253 e. The van der Waals surface area contributed by atoms with Gasteiger partial charge in [0.2, 0.25) is 10.0 Å². The second-order valence-electron chi connectivity index (χ2n) is 7.60. The first kappa shape index (κ1) is 21.2. The maximum atomic E-state index is 12.8. The van der Waals surface area contributed by atoms with Crippen molar-refractivity contribution in [1.29, 1.82) is 0 Å². The van der Waals surface area contributed by atoms with Crippen LogP contribution in [0.4, 0.5) is 0 Å². The minimum absolute atomic E-state index is 0.0771. The number of nitrogens with one attached hydrogen (secondary N) is 1. The van der Waals surface area contributed by atoms with Gasteiger partial charge in [0, 0.05) is 19.1 Å². The molecule has 7 heteroatoms. The van der Waals surface area contributed by atoms with E-state index < -0.39 is 10.0 Å².